The number of piperazine rings is 1. The number of anilines is 1. The van der Waals surface area contributed by atoms with E-state index in [2.05, 4.69) is 5.32 Å². The lowest BCUT2D eigenvalue weighted by molar-refractivity contribution is -0.137. The van der Waals surface area contributed by atoms with Crippen molar-refractivity contribution in [2.45, 2.75) is 12.7 Å². The Morgan fingerprint density at radius 3 is 2.14 bits per heavy atom. The number of carbonyl (C=O) groups excluding carboxylic acids is 1. The van der Waals surface area contributed by atoms with E-state index in [1.54, 1.807) is 6.07 Å². The number of halogens is 5. The summed E-state index contributed by atoms with van der Waals surface area (Å²) < 4.78 is 65.7. The maximum absolute atomic E-state index is 13.6. The van der Waals surface area contributed by atoms with Crippen LogP contribution in [0.15, 0.2) is 42.5 Å². The molecule has 0 spiro atoms. The lowest BCUT2D eigenvalue weighted by Gasteiger charge is -2.34. The second kappa shape index (κ2) is 8.87. The predicted octanol–water partition coefficient (Wildman–Crippen LogP) is 3.74. The van der Waals surface area contributed by atoms with Crippen LogP contribution in [0, 0.1) is 11.6 Å². The molecule has 3 rings (SSSR count). The molecule has 0 aliphatic carbocycles. The summed E-state index contributed by atoms with van der Waals surface area (Å²) in [5.41, 5.74) is -0.576. The fraction of sp³-hybridized carbons (Fsp3) is 0.350. The number of benzene rings is 2. The summed E-state index contributed by atoms with van der Waals surface area (Å²) in [6.07, 6.45) is -4.38. The van der Waals surface area contributed by atoms with Crippen LogP contribution in [0.2, 0.25) is 0 Å². The zero-order valence-electron chi connectivity index (χ0n) is 15.5. The summed E-state index contributed by atoms with van der Waals surface area (Å²) in [5, 5.41) is 2.25. The van der Waals surface area contributed by atoms with Gasteiger partial charge >= 0.3 is 6.18 Å². The van der Waals surface area contributed by atoms with Crippen molar-refractivity contribution in [2.75, 3.05) is 38.0 Å². The molecule has 0 saturated carbocycles. The van der Waals surface area contributed by atoms with Gasteiger partial charge in [0.25, 0.3) is 0 Å². The largest absolute Gasteiger partial charge is 0.416 e. The molecule has 1 amide bonds. The molecule has 1 saturated heterocycles. The van der Waals surface area contributed by atoms with E-state index in [1.807, 2.05) is 9.80 Å². The molecule has 0 unspecified atom stereocenters. The highest BCUT2D eigenvalue weighted by Crippen LogP contribution is 2.29. The van der Waals surface area contributed by atoms with E-state index >= 15 is 0 Å². The van der Waals surface area contributed by atoms with Gasteiger partial charge in [-0.1, -0.05) is 24.3 Å². The minimum absolute atomic E-state index is 0.0226. The number of hydrogen-bond acceptors (Lipinski definition) is 3. The Kier molecular flexibility index (Phi) is 6.49. The number of carbonyl (C=O) groups is 1. The molecule has 0 aromatic heterocycles. The van der Waals surface area contributed by atoms with Gasteiger partial charge < -0.3 is 5.32 Å². The smallest absolute Gasteiger partial charge is 0.320 e. The van der Waals surface area contributed by atoms with Crippen molar-refractivity contribution >= 4 is 11.6 Å². The third-order valence-corrected chi connectivity index (χ3v) is 4.72. The molecule has 1 aliphatic rings. The number of nitrogens with one attached hydrogen (secondary N) is 1. The van der Waals surface area contributed by atoms with Crippen LogP contribution in [0.1, 0.15) is 11.1 Å². The first-order chi connectivity index (χ1) is 13.7. The fourth-order valence-electron chi connectivity index (χ4n) is 3.21. The van der Waals surface area contributed by atoms with E-state index in [9.17, 15) is 26.7 Å². The molecule has 9 heteroatoms. The Morgan fingerprint density at radius 1 is 0.931 bits per heavy atom. The average molecular weight is 413 g/mol. The number of nitrogens with zero attached hydrogens (tertiary/aromatic N) is 2. The number of alkyl halides is 3. The van der Waals surface area contributed by atoms with Gasteiger partial charge in [0.1, 0.15) is 17.3 Å². The molecule has 2 aromatic rings. The van der Waals surface area contributed by atoms with E-state index in [1.165, 1.54) is 12.1 Å². The molecule has 0 radical (unpaired) electrons. The molecular formula is C20H20F5N3O. The molecule has 0 bridgehead atoms. The van der Waals surface area contributed by atoms with Crippen molar-refractivity contribution in [1.29, 1.82) is 0 Å². The topological polar surface area (TPSA) is 35.6 Å². The summed E-state index contributed by atoms with van der Waals surface area (Å²) >= 11 is 0. The van der Waals surface area contributed by atoms with E-state index in [0.717, 1.165) is 24.3 Å². The highest BCUT2D eigenvalue weighted by atomic mass is 19.4. The van der Waals surface area contributed by atoms with Crippen LogP contribution in [0.25, 0.3) is 0 Å². The summed E-state index contributed by atoms with van der Waals surface area (Å²) in [7, 11) is 0. The summed E-state index contributed by atoms with van der Waals surface area (Å²) in [5.74, 6) is -2.21. The third kappa shape index (κ3) is 5.74. The van der Waals surface area contributed by atoms with Crippen molar-refractivity contribution < 1.29 is 26.7 Å². The highest BCUT2D eigenvalue weighted by Gasteiger charge is 2.30. The molecule has 156 valence electrons. The van der Waals surface area contributed by atoms with Crippen LogP contribution in [0.3, 0.4) is 0 Å². The van der Waals surface area contributed by atoms with Gasteiger partial charge in [-0.05, 0) is 23.8 Å². The van der Waals surface area contributed by atoms with Crippen LogP contribution >= 0.6 is 0 Å². The molecule has 29 heavy (non-hydrogen) atoms. The summed E-state index contributed by atoms with van der Waals surface area (Å²) in [6, 6.07) is 8.56. The monoisotopic (exact) mass is 413 g/mol. The minimum Gasteiger partial charge on any atom is -0.320 e. The normalized spacial score (nSPS) is 16.0. The van der Waals surface area contributed by atoms with Crippen molar-refractivity contribution in [3.05, 3.63) is 65.2 Å². The van der Waals surface area contributed by atoms with Crippen LogP contribution in [-0.2, 0) is 17.5 Å². The van der Waals surface area contributed by atoms with Crippen molar-refractivity contribution in [2.24, 2.45) is 0 Å². The van der Waals surface area contributed by atoms with E-state index < -0.39 is 35.0 Å². The van der Waals surface area contributed by atoms with Gasteiger partial charge in [-0.3, -0.25) is 14.6 Å². The first-order valence-electron chi connectivity index (χ1n) is 9.07. The van der Waals surface area contributed by atoms with Gasteiger partial charge in [-0.25, -0.2) is 8.78 Å². The van der Waals surface area contributed by atoms with Crippen LogP contribution < -0.4 is 5.32 Å². The summed E-state index contributed by atoms with van der Waals surface area (Å²) in [4.78, 5) is 15.9. The highest BCUT2D eigenvalue weighted by molar-refractivity contribution is 5.92. The van der Waals surface area contributed by atoms with Gasteiger partial charge in [0, 0.05) is 32.7 Å². The van der Waals surface area contributed by atoms with Gasteiger partial charge in [0.2, 0.25) is 5.91 Å². The molecule has 1 heterocycles. The van der Waals surface area contributed by atoms with Crippen LogP contribution in [-0.4, -0.2) is 48.4 Å². The Labute approximate surface area is 164 Å². The van der Waals surface area contributed by atoms with Crippen molar-refractivity contribution in [3.63, 3.8) is 0 Å². The molecule has 4 nitrogen and oxygen atoms in total. The van der Waals surface area contributed by atoms with E-state index in [-0.39, 0.29) is 6.54 Å². The number of rotatable bonds is 5. The molecule has 1 fully saturated rings. The quantitative estimate of drug-likeness (QED) is 0.759. The van der Waals surface area contributed by atoms with Crippen LogP contribution in [0.5, 0.6) is 0 Å². The maximum Gasteiger partial charge on any atom is 0.416 e. The van der Waals surface area contributed by atoms with Crippen molar-refractivity contribution in [1.82, 2.24) is 9.80 Å². The maximum atomic E-state index is 13.6. The molecule has 2 aromatic carbocycles. The van der Waals surface area contributed by atoms with Gasteiger partial charge in [-0.15, -0.1) is 0 Å². The lowest BCUT2D eigenvalue weighted by Crippen LogP contribution is -2.48. The first kappa shape index (κ1) is 21.2. The molecular weight excluding hydrogens is 393 g/mol. The number of hydrogen-bond donors (Lipinski definition) is 1. The SMILES string of the molecule is O=C(CN1CCN(Cc2cccc(C(F)(F)F)c2)CC1)Nc1c(F)cccc1F. The Bertz CT molecular complexity index is 843. The molecule has 1 N–H and O–H groups in total. The Balaban J connectivity index is 1.49. The van der Waals surface area contributed by atoms with Crippen LogP contribution in [0.4, 0.5) is 27.6 Å². The minimum atomic E-state index is -4.38. The molecule has 1 aliphatic heterocycles. The zero-order valence-corrected chi connectivity index (χ0v) is 15.5. The summed E-state index contributed by atoms with van der Waals surface area (Å²) in [6.45, 7) is 2.53. The standard InChI is InChI=1S/C20H20F5N3O/c21-16-5-2-6-17(22)19(16)26-18(29)13-28-9-7-27(8-10-28)12-14-3-1-4-15(11-14)20(23,24)25/h1-6,11H,7-10,12-13H2,(H,26,29). The van der Waals surface area contributed by atoms with E-state index in [0.29, 0.717) is 38.3 Å². The number of amides is 1. The second-order valence-electron chi connectivity index (χ2n) is 6.90. The zero-order chi connectivity index (χ0) is 21.0. The first-order valence-corrected chi connectivity index (χ1v) is 9.07. The van der Waals surface area contributed by atoms with E-state index in [4.69, 9.17) is 0 Å². The van der Waals surface area contributed by atoms with Gasteiger partial charge in [-0.2, -0.15) is 13.2 Å². The average Bonchev–Trinajstić information content (AvgIpc) is 2.66. The van der Waals surface area contributed by atoms with Gasteiger partial charge in [0.05, 0.1) is 12.1 Å². The fourth-order valence-corrected chi connectivity index (χ4v) is 3.21. The van der Waals surface area contributed by atoms with Crippen molar-refractivity contribution in [3.8, 4) is 0 Å². The van der Waals surface area contributed by atoms with Gasteiger partial charge in [0.15, 0.2) is 0 Å². The lowest BCUT2D eigenvalue weighted by atomic mass is 10.1. The third-order valence-electron chi connectivity index (χ3n) is 4.72. The predicted molar refractivity (Wildman–Crippen MR) is 98.1 cm³/mol. The number of para-hydroxylation sites is 1. The second-order valence-corrected chi connectivity index (χ2v) is 6.90. The Hall–Kier alpha value is -2.52. The Morgan fingerprint density at radius 2 is 1.52 bits per heavy atom. The molecule has 0 atom stereocenters.